The maximum Gasteiger partial charge on any atom is 0.205 e. The summed E-state index contributed by atoms with van der Waals surface area (Å²) in [5.41, 5.74) is -1.93. The molecule has 32 heavy (non-hydrogen) atoms. The van der Waals surface area contributed by atoms with Crippen molar-refractivity contribution < 1.29 is 8.78 Å². The number of rotatable bonds is 0. The molecule has 0 heterocycles. The summed E-state index contributed by atoms with van der Waals surface area (Å²) in [5, 5.41) is 8.94. The van der Waals surface area contributed by atoms with Gasteiger partial charge < -0.3 is 0 Å². The lowest BCUT2D eigenvalue weighted by molar-refractivity contribution is 0.0453. The highest BCUT2D eigenvalue weighted by atomic mass is 19.2. The molecule has 0 fully saturated rings. The molecule has 0 aliphatic heterocycles. The van der Waals surface area contributed by atoms with E-state index in [1.807, 2.05) is 30.4 Å². The number of benzene rings is 5. The van der Waals surface area contributed by atoms with Gasteiger partial charge in [-0.1, -0.05) is 60.7 Å². The zero-order valence-electron chi connectivity index (χ0n) is 16.8. The Morgan fingerprint density at radius 1 is 0.594 bits per heavy atom. The molecule has 4 aliphatic rings. The molecule has 0 nitrogen and oxygen atoms in total. The third-order valence-electron chi connectivity index (χ3n) is 8.17. The van der Waals surface area contributed by atoms with E-state index in [0.29, 0.717) is 22.3 Å². The normalized spacial score (nSPS) is 25.9. The molecule has 5 aromatic rings. The first-order valence-corrected chi connectivity index (χ1v) is 11.0. The second kappa shape index (κ2) is 4.54. The summed E-state index contributed by atoms with van der Waals surface area (Å²) in [6, 6.07) is 18.6. The zero-order chi connectivity index (χ0) is 21.0. The highest BCUT2D eigenvalue weighted by Gasteiger charge is 2.65. The van der Waals surface area contributed by atoms with Crippen molar-refractivity contribution in [3.05, 3.63) is 106 Å². The summed E-state index contributed by atoms with van der Waals surface area (Å²) in [4.78, 5) is 0. The Balaban J connectivity index is 1.76. The van der Waals surface area contributed by atoms with E-state index in [0.717, 1.165) is 53.9 Å². The van der Waals surface area contributed by atoms with E-state index in [9.17, 15) is 0 Å². The first-order valence-electron chi connectivity index (χ1n) is 11.0. The third kappa shape index (κ3) is 1.35. The Hall–Kier alpha value is -3.78. The van der Waals surface area contributed by atoms with Crippen LogP contribution in [0.3, 0.4) is 0 Å². The highest BCUT2D eigenvalue weighted by molar-refractivity contribution is 6.33. The van der Waals surface area contributed by atoms with Gasteiger partial charge in [0.05, 0.1) is 0 Å². The predicted molar refractivity (Wildman–Crippen MR) is 127 cm³/mol. The average Bonchev–Trinajstić information content (AvgIpc) is 2.79. The van der Waals surface area contributed by atoms with Crippen LogP contribution in [0.25, 0.3) is 55.2 Å². The van der Waals surface area contributed by atoms with E-state index < -0.39 is 11.3 Å². The van der Waals surface area contributed by atoms with Gasteiger partial charge in [0, 0.05) is 11.1 Å². The van der Waals surface area contributed by atoms with E-state index in [1.54, 1.807) is 12.2 Å². The molecule has 2 atom stereocenters. The molecule has 2 heteroatoms. The Kier molecular flexibility index (Phi) is 2.26. The van der Waals surface area contributed by atoms with Crippen LogP contribution in [0.5, 0.6) is 0 Å². The fourth-order valence-electron chi connectivity index (χ4n) is 7.01. The van der Waals surface area contributed by atoms with Crippen molar-refractivity contribution in [2.24, 2.45) is 0 Å². The Morgan fingerprint density at radius 3 is 2.12 bits per heavy atom. The maximum atomic E-state index is 17.9. The lowest BCUT2D eigenvalue weighted by atomic mass is 9.57. The van der Waals surface area contributed by atoms with E-state index in [2.05, 4.69) is 42.5 Å². The number of allylic oxidation sites excluding steroid dienone is 5. The fourth-order valence-corrected chi connectivity index (χ4v) is 7.01. The van der Waals surface area contributed by atoms with Crippen LogP contribution >= 0.6 is 0 Å². The minimum absolute atomic E-state index is 0.397. The molecule has 0 amide bonds. The van der Waals surface area contributed by atoms with E-state index in [-0.39, 0.29) is 0 Å². The first kappa shape index (κ1) is 15.9. The first-order chi connectivity index (χ1) is 15.6. The quantitative estimate of drug-likeness (QED) is 0.191. The van der Waals surface area contributed by atoms with Gasteiger partial charge in [0.25, 0.3) is 0 Å². The van der Waals surface area contributed by atoms with Gasteiger partial charge in [-0.05, 0) is 89.3 Å². The largest absolute Gasteiger partial charge is 0.229 e. The van der Waals surface area contributed by atoms with Gasteiger partial charge in [0.2, 0.25) is 11.3 Å². The minimum atomic E-state index is -2.27. The van der Waals surface area contributed by atoms with Crippen molar-refractivity contribution >= 4 is 55.2 Å². The lowest BCUT2D eigenvalue weighted by Crippen LogP contribution is -2.56. The van der Waals surface area contributed by atoms with Crippen molar-refractivity contribution in [3.8, 4) is 0 Å². The molecule has 148 valence electrons. The van der Waals surface area contributed by atoms with Gasteiger partial charge >= 0.3 is 0 Å². The molecule has 9 rings (SSSR count). The van der Waals surface area contributed by atoms with Crippen LogP contribution in [0.2, 0.25) is 0 Å². The lowest BCUT2D eigenvalue weighted by Gasteiger charge is -2.50. The molecular weight excluding hydrogens is 398 g/mol. The summed E-state index contributed by atoms with van der Waals surface area (Å²) in [7, 11) is 0. The van der Waals surface area contributed by atoms with E-state index in [4.69, 9.17) is 0 Å². The molecule has 0 saturated carbocycles. The van der Waals surface area contributed by atoms with Gasteiger partial charge in [-0.3, -0.25) is 0 Å². The average molecular weight is 412 g/mol. The van der Waals surface area contributed by atoms with Gasteiger partial charge in [-0.25, -0.2) is 8.78 Å². The van der Waals surface area contributed by atoms with Crippen LogP contribution in [-0.2, 0) is 5.67 Å². The van der Waals surface area contributed by atoms with Gasteiger partial charge in [0.15, 0.2) is 0 Å². The zero-order valence-corrected chi connectivity index (χ0v) is 16.8. The molecular formula is C30H14F2. The predicted octanol–water partition coefficient (Wildman–Crippen LogP) is 6.94. The summed E-state index contributed by atoms with van der Waals surface area (Å²) in [5.74, 6) is 0. The molecule has 4 aliphatic carbocycles. The van der Waals surface area contributed by atoms with Crippen LogP contribution in [0.15, 0.2) is 84.0 Å². The second-order valence-corrected chi connectivity index (χ2v) is 9.51. The molecule has 0 bridgehead atoms. The van der Waals surface area contributed by atoms with Crippen LogP contribution in [-0.4, -0.2) is 5.67 Å². The van der Waals surface area contributed by atoms with Crippen molar-refractivity contribution in [2.75, 3.05) is 0 Å². The van der Waals surface area contributed by atoms with Gasteiger partial charge in [0.1, 0.15) is 0 Å². The summed E-state index contributed by atoms with van der Waals surface area (Å²) in [6.07, 6.45) is 8.98. The molecule has 0 spiro atoms. The van der Waals surface area contributed by atoms with Gasteiger partial charge in [-0.15, -0.1) is 0 Å². The van der Waals surface area contributed by atoms with Crippen LogP contribution in [0.1, 0.15) is 16.7 Å². The van der Waals surface area contributed by atoms with Gasteiger partial charge in [-0.2, -0.15) is 0 Å². The summed E-state index contributed by atoms with van der Waals surface area (Å²) < 4.78 is 35.2. The fraction of sp³-hybridized carbons (Fsp3) is 0.0667. The van der Waals surface area contributed by atoms with Crippen molar-refractivity contribution in [1.82, 2.24) is 0 Å². The highest BCUT2D eigenvalue weighted by Crippen LogP contribution is 2.64. The standard InChI is InChI=1S/C30H14F2/c31-29-21-5-2-6-22(29)14-20-10-8-18-12-16-4-1-3-15-11-17-7-9-19(13-21)27-24(17)26(23(15)16)25(18)28(20)30(27,29)32/h1-14H. The van der Waals surface area contributed by atoms with E-state index in [1.165, 1.54) is 0 Å². The van der Waals surface area contributed by atoms with Crippen LogP contribution in [0, 0.1) is 0 Å². The summed E-state index contributed by atoms with van der Waals surface area (Å²) in [6.45, 7) is 0. The molecule has 2 unspecified atom stereocenters. The maximum absolute atomic E-state index is 17.9. The molecule has 0 aromatic heterocycles. The monoisotopic (exact) mass is 412 g/mol. The Labute approximate surface area is 181 Å². The summed E-state index contributed by atoms with van der Waals surface area (Å²) >= 11 is 0. The third-order valence-corrected chi connectivity index (χ3v) is 8.17. The number of halogens is 2. The molecule has 0 saturated heterocycles. The topological polar surface area (TPSA) is 0 Å². The van der Waals surface area contributed by atoms with Crippen molar-refractivity contribution in [1.29, 1.82) is 0 Å². The second-order valence-electron chi connectivity index (χ2n) is 9.51. The van der Waals surface area contributed by atoms with E-state index >= 15 is 8.78 Å². The Morgan fingerprint density at radius 2 is 1.31 bits per heavy atom. The number of hydrogen-bond donors (Lipinski definition) is 0. The number of alkyl halides is 2. The molecule has 0 N–H and O–H groups in total. The SMILES string of the molecule is FC12C3=CC=CC1=Cc1ccc4cc5cccc6cc7ccc(c8c7c(c4c1C82F)c56)=C3. The minimum Gasteiger partial charge on any atom is -0.229 e. The number of hydrogen-bond acceptors (Lipinski definition) is 0. The smallest absolute Gasteiger partial charge is 0.205 e. The Bertz CT molecular complexity index is 1940. The van der Waals surface area contributed by atoms with Crippen molar-refractivity contribution in [2.45, 2.75) is 11.3 Å². The van der Waals surface area contributed by atoms with Crippen LogP contribution < -0.4 is 5.22 Å². The van der Waals surface area contributed by atoms with Crippen LogP contribution in [0.4, 0.5) is 8.78 Å². The molecule has 5 aromatic carbocycles. The molecule has 0 radical (unpaired) electrons. The van der Waals surface area contributed by atoms with Crippen molar-refractivity contribution in [3.63, 3.8) is 0 Å².